The number of aliphatic hydroxyl groups excluding tert-OH is 1. The first kappa shape index (κ1) is 13.2. The van der Waals surface area contributed by atoms with Crippen LogP contribution in [0.25, 0.3) is 0 Å². The lowest BCUT2D eigenvalue weighted by molar-refractivity contribution is -0.153. The molecule has 0 aliphatic carbocycles. The quantitative estimate of drug-likeness (QED) is 0.507. The maximum Gasteiger partial charge on any atom is 0.306 e. The van der Waals surface area contributed by atoms with Crippen LogP contribution in [0.15, 0.2) is 0 Å². The van der Waals surface area contributed by atoms with Crippen LogP contribution in [0.1, 0.15) is 26.2 Å². The monoisotopic (exact) mass is 226 g/mol. The van der Waals surface area contributed by atoms with Crippen LogP contribution >= 0.6 is 0 Å². The summed E-state index contributed by atoms with van der Waals surface area (Å²) in [4.78, 5) is 22.0. The van der Waals surface area contributed by atoms with Gasteiger partial charge in [0.25, 0.3) is 0 Å². The third-order valence-electron chi connectivity index (χ3n) is 2.37. The lowest BCUT2D eigenvalue weighted by Gasteiger charge is -2.16. The summed E-state index contributed by atoms with van der Waals surface area (Å²) in [6, 6.07) is -0.511. The van der Waals surface area contributed by atoms with Crippen molar-refractivity contribution in [2.75, 3.05) is 6.61 Å². The molecule has 0 aromatic heterocycles. The summed E-state index contributed by atoms with van der Waals surface area (Å²) in [6.45, 7) is 1.18. The van der Waals surface area contributed by atoms with Gasteiger partial charge in [0.15, 0.2) is 0 Å². The second-order valence-electron chi connectivity index (χ2n) is 3.86. The highest BCUT2D eigenvalue weighted by atomic mass is 16.6. The normalized spacial score (nSPS) is 29.0. The Bertz CT molecular complexity index is 268. The largest absolute Gasteiger partial charge is 0.459 e. The van der Waals surface area contributed by atoms with Gasteiger partial charge in [0.05, 0.1) is 13.0 Å². The van der Waals surface area contributed by atoms with E-state index in [2.05, 4.69) is 0 Å². The summed E-state index contributed by atoms with van der Waals surface area (Å²) in [7, 11) is 5.51. The number of Topliss-reactive ketones (excluding diaryl/α,β-unsaturated/α-hetero) is 1. The Balaban J connectivity index is 2.35. The molecule has 1 heterocycles. The smallest absolute Gasteiger partial charge is 0.306 e. The Labute approximate surface area is 95.5 Å². The Hall–Kier alpha value is -0.875. The molecule has 0 aromatic carbocycles. The van der Waals surface area contributed by atoms with Gasteiger partial charge in [0.2, 0.25) is 0 Å². The van der Waals surface area contributed by atoms with Gasteiger partial charge >= 0.3 is 5.97 Å². The lowest BCUT2D eigenvalue weighted by atomic mass is 9.96. The standard InChI is InChI=1S/C10H15BO5/c1-6(13)2-3-10(14)16-7-4-9(11)15-8(7)5-12/h7-9,12H,2-5H2,1H3/t7-,8-,9-/m1/s1. The summed E-state index contributed by atoms with van der Waals surface area (Å²) in [5, 5.41) is 8.96. The lowest BCUT2D eigenvalue weighted by Crippen LogP contribution is -2.30. The zero-order valence-corrected chi connectivity index (χ0v) is 9.22. The van der Waals surface area contributed by atoms with E-state index in [9.17, 15) is 9.59 Å². The molecule has 0 spiro atoms. The topological polar surface area (TPSA) is 72.8 Å². The van der Waals surface area contributed by atoms with Crippen molar-refractivity contribution >= 4 is 19.6 Å². The summed E-state index contributed by atoms with van der Waals surface area (Å²) in [6.07, 6.45) is -0.478. The predicted octanol–water partition coefficient (Wildman–Crippen LogP) is -0.457. The predicted molar refractivity (Wildman–Crippen MR) is 55.9 cm³/mol. The van der Waals surface area contributed by atoms with Gasteiger partial charge in [-0.25, -0.2) is 0 Å². The molecule has 1 rings (SSSR count). The molecule has 1 aliphatic rings. The Morgan fingerprint density at radius 1 is 1.50 bits per heavy atom. The fraction of sp³-hybridized carbons (Fsp3) is 0.800. The maximum atomic E-state index is 11.3. The molecule has 0 unspecified atom stereocenters. The average molecular weight is 226 g/mol. The SMILES string of the molecule is [B][C@H]1C[C@@H](OC(=O)CCC(C)=O)[C@@H](CO)O1. The van der Waals surface area contributed by atoms with Crippen molar-refractivity contribution in [1.82, 2.24) is 0 Å². The number of hydrogen-bond donors (Lipinski definition) is 1. The molecular weight excluding hydrogens is 211 g/mol. The molecule has 1 fully saturated rings. The summed E-state index contributed by atoms with van der Waals surface area (Å²) < 4.78 is 10.2. The first-order chi connectivity index (χ1) is 7.52. The van der Waals surface area contributed by atoms with Crippen molar-refractivity contribution in [3.63, 3.8) is 0 Å². The van der Waals surface area contributed by atoms with Gasteiger partial charge in [-0.05, 0) is 6.92 Å². The van der Waals surface area contributed by atoms with E-state index in [1.54, 1.807) is 0 Å². The molecule has 0 saturated carbocycles. The third-order valence-corrected chi connectivity index (χ3v) is 2.37. The molecule has 0 bridgehead atoms. The van der Waals surface area contributed by atoms with E-state index in [4.69, 9.17) is 22.4 Å². The Kier molecular flexibility index (Phi) is 4.95. The Morgan fingerprint density at radius 2 is 2.19 bits per heavy atom. The first-order valence-corrected chi connectivity index (χ1v) is 5.23. The summed E-state index contributed by atoms with van der Waals surface area (Å²) in [5.74, 6) is -0.522. The number of carbonyl (C=O) groups is 2. The molecule has 0 aromatic rings. The minimum atomic E-state index is -0.559. The number of esters is 1. The number of aliphatic hydroxyl groups is 1. The van der Waals surface area contributed by atoms with Crippen molar-refractivity contribution in [3.05, 3.63) is 0 Å². The molecule has 5 nitrogen and oxygen atoms in total. The van der Waals surface area contributed by atoms with Gasteiger partial charge in [-0.15, -0.1) is 0 Å². The number of ether oxygens (including phenoxy) is 2. The second-order valence-corrected chi connectivity index (χ2v) is 3.86. The zero-order chi connectivity index (χ0) is 12.1. The van der Waals surface area contributed by atoms with Gasteiger partial charge in [-0.1, -0.05) is 0 Å². The minimum absolute atomic E-state index is 0.0548. The highest BCUT2D eigenvalue weighted by Gasteiger charge is 2.34. The van der Waals surface area contributed by atoms with Crippen molar-refractivity contribution in [2.45, 2.75) is 44.4 Å². The van der Waals surface area contributed by atoms with Crippen LogP contribution in [0, 0.1) is 0 Å². The van der Waals surface area contributed by atoms with Crippen LogP contribution in [0.4, 0.5) is 0 Å². The fourth-order valence-electron chi connectivity index (χ4n) is 1.54. The van der Waals surface area contributed by atoms with Gasteiger partial charge in [-0.3, -0.25) is 4.79 Å². The van der Waals surface area contributed by atoms with Crippen LogP contribution in [0.2, 0.25) is 0 Å². The molecule has 1 aliphatic heterocycles. The van der Waals surface area contributed by atoms with Crippen molar-refractivity contribution in [1.29, 1.82) is 0 Å². The van der Waals surface area contributed by atoms with Crippen molar-refractivity contribution < 1.29 is 24.2 Å². The summed E-state index contributed by atoms with van der Waals surface area (Å²) in [5.41, 5.74) is 0. The van der Waals surface area contributed by atoms with E-state index in [1.165, 1.54) is 6.92 Å². The van der Waals surface area contributed by atoms with Crippen LogP contribution < -0.4 is 0 Å². The first-order valence-electron chi connectivity index (χ1n) is 5.23. The van der Waals surface area contributed by atoms with Gasteiger partial charge in [-0.2, -0.15) is 0 Å². The van der Waals surface area contributed by atoms with Crippen molar-refractivity contribution in [3.8, 4) is 0 Å². The van der Waals surface area contributed by atoms with Gasteiger partial charge in [0, 0.05) is 18.8 Å². The van der Waals surface area contributed by atoms with E-state index in [0.717, 1.165) is 0 Å². The molecule has 88 valence electrons. The molecule has 1 N–H and O–H groups in total. The van der Waals surface area contributed by atoms with Crippen molar-refractivity contribution in [2.24, 2.45) is 0 Å². The molecule has 16 heavy (non-hydrogen) atoms. The van der Waals surface area contributed by atoms with E-state index < -0.39 is 24.2 Å². The average Bonchev–Trinajstić information content (AvgIpc) is 2.55. The van der Waals surface area contributed by atoms with Gasteiger partial charge < -0.3 is 19.4 Å². The van der Waals surface area contributed by atoms with E-state index in [-0.39, 0.29) is 25.2 Å². The Morgan fingerprint density at radius 3 is 2.75 bits per heavy atom. The van der Waals surface area contributed by atoms with Gasteiger partial charge in [0.1, 0.15) is 25.8 Å². The zero-order valence-electron chi connectivity index (χ0n) is 9.22. The molecule has 3 atom stereocenters. The molecule has 1 saturated heterocycles. The van der Waals surface area contributed by atoms with Crippen LogP contribution in [-0.2, 0) is 19.1 Å². The molecule has 2 radical (unpaired) electrons. The third kappa shape index (κ3) is 3.94. The van der Waals surface area contributed by atoms with Crippen LogP contribution in [0.5, 0.6) is 0 Å². The van der Waals surface area contributed by atoms with Crippen LogP contribution in [0.3, 0.4) is 0 Å². The number of ketones is 1. The van der Waals surface area contributed by atoms with E-state index in [0.29, 0.717) is 6.42 Å². The fourth-order valence-corrected chi connectivity index (χ4v) is 1.54. The van der Waals surface area contributed by atoms with Crippen LogP contribution in [-0.4, -0.2) is 49.5 Å². The second kappa shape index (κ2) is 6.01. The maximum absolute atomic E-state index is 11.3. The molecule has 6 heteroatoms. The number of rotatable bonds is 5. The highest BCUT2D eigenvalue weighted by Crippen LogP contribution is 2.21. The van der Waals surface area contributed by atoms with E-state index >= 15 is 0 Å². The number of carbonyl (C=O) groups excluding carboxylic acids is 2. The molecular formula is C10H15BO5. The minimum Gasteiger partial charge on any atom is -0.459 e. The summed E-state index contributed by atoms with van der Waals surface area (Å²) >= 11 is 0. The highest BCUT2D eigenvalue weighted by molar-refractivity contribution is 6.11. The van der Waals surface area contributed by atoms with E-state index in [1.807, 2.05) is 0 Å². The molecule has 0 amide bonds. The number of hydrogen-bond acceptors (Lipinski definition) is 5.